The number of fused-ring (bicyclic) bond motifs is 1. The summed E-state index contributed by atoms with van der Waals surface area (Å²) in [7, 11) is 0. The summed E-state index contributed by atoms with van der Waals surface area (Å²) in [5, 5.41) is 13.2. The number of rotatable bonds is 6. The predicted octanol–water partition coefficient (Wildman–Crippen LogP) is 5.10. The van der Waals surface area contributed by atoms with E-state index >= 15 is 0 Å². The molecule has 1 heterocycles. The molecule has 0 saturated heterocycles. The first kappa shape index (κ1) is 19.4. The van der Waals surface area contributed by atoms with Crippen LogP contribution in [0.1, 0.15) is 55.2 Å². The van der Waals surface area contributed by atoms with E-state index in [0.29, 0.717) is 22.2 Å². The molecule has 1 aliphatic rings. The number of nitrogens with one attached hydrogen (secondary N) is 1. The molecule has 1 aromatic heterocycles. The highest BCUT2D eigenvalue weighted by Crippen LogP contribution is 2.40. The van der Waals surface area contributed by atoms with Crippen molar-refractivity contribution in [3.63, 3.8) is 0 Å². The van der Waals surface area contributed by atoms with E-state index in [4.69, 9.17) is 4.74 Å². The van der Waals surface area contributed by atoms with Crippen molar-refractivity contribution >= 4 is 22.2 Å². The number of benzene rings is 1. The van der Waals surface area contributed by atoms with Crippen molar-refractivity contribution in [3.8, 4) is 11.8 Å². The summed E-state index contributed by atoms with van der Waals surface area (Å²) in [6.07, 6.45) is 4.55. The fourth-order valence-corrected chi connectivity index (χ4v) is 4.80. The van der Waals surface area contributed by atoms with Crippen LogP contribution in [0.4, 0.5) is 5.00 Å². The van der Waals surface area contributed by atoms with Crippen LogP contribution in [0, 0.1) is 17.2 Å². The summed E-state index contributed by atoms with van der Waals surface area (Å²) in [4.78, 5) is 13.9. The van der Waals surface area contributed by atoms with Gasteiger partial charge in [0, 0.05) is 4.88 Å². The topological polar surface area (TPSA) is 62.1 Å². The average molecular weight is 383 g/mol. The maximum Gasteiger partial charge on any atom is 0.265 e. The minimum Gasteiger partial charge on any atom is -0.481 e. The second kappa shape index (κ2) is 8.58. The zero-order valence-corrected chi connectivity index (χ0v) is 17.0. The van der Waals surface area contributed by atoms with Crippen molar-refractivity contribution in [2.75, 3.05) is 5.32 Å². The lowest BCUT2D eigenvalue weighted by molar-refractivity contribution is -0.122. The van der Waals surface area contributed by atoms with Gasteiger partial charge in [-0.3, -0.25) is 4.79 Å². The number of ether oxygens (including phenoxy) is 1. The van der Waals surface area contributed by atoms with Crippen molar-refractivity contribution in [2.24, 2.45) is 5.92 Å². The van der Waals surface area contributed by atoms with Gasteiger partial charge < -0.3 is 10.1 Å². The highest BCUT2D eigenvalue weighted by atomic mass is 32.1. The van der Waals surface area contributed by atoms with E-state index < -0.39 is 6.10 Å². The van der Waals surface area contributed by atoms with Crippen LogP contribution in [0.2, 0.25) is 0 Å². The number of carbonyl (C=O) groups is 1. The Balaban J connectivity index is 1.70. The third-order valence-electron chi connectivity index (χ3n) is 5.31. The Labute approximate surface area is 165 Å². The van der Waals surface area contributed by atoms with Crippen molar-refractivity contribution < 1.29 is 9.53 Å². The fourth-order valence-electron chi connectivity index (χ4n) is 3.48. The van der Waals surface area contributed by atoms with E-state index in [1.807, 2.05) is 24.3 Å². The first-order valence-electron chi connectivity index (χ1n) is 9.66. The number of aryl methyl sites for hydroxylation is 1. The molecule has 4 nitrogen and oxygen atoms in total. The molecule has 2 unspecified atom stereocenters. The summed E-state index contributed by atoms with van der Waals surface area (Å²) < 4.78 is 5.77. The monoisotopic (exact) mass is 382 g/mol. The summed E-state index contributed by atoms with van der Waals surface area (Å²) >= 11 is 1.55. The van der Waals surface area contributed by atoms with Crippen LogP contribution in [-0.4, -0.2) is 12.0 Å². The molecular formula is C22H26N2O2S. The zero-order valence-electron chi connectivity index (χ0n) is 16.2. The van der Waals surface area contributed by atoms with Gasteiger partial charge in [-0.1, -0.05) is 32.4 Å². The van der Waals surface area contributed by atoms with Gasteiger partial charge in [-0.2, -0.15) is 5.26 Å². The normalized spacial score (nSPS) is 16.9. The summed E-state index contributed by atoms with van der Waals surface area (Å²) in [5.41, 5.74) is 3.00. The Kier molecular flexibility index (Phi) is 6.18. The molecule has 0 saturated carbocycles. The SMILES string of the molecule is CCc1ccc(OC(C)C(=O)Nc2sc3c(c2C#N)CCC(CC)C3)cc1. The van der Waals surface area contributed by atoms with Crippen LogP contribution in [0.3, 0.4) is 0 Å². The molecule has 142 valence electrons. The minimum absolute atomic E-state index is 0.225. The molecule has 0 fully saturated rings. The van der Waals surface area contributed by atoms with Gasteiger partial charge in [0.25, 0.3) is 5.91 Å². The number of anilines is 1. The number of nitriles is 1. The van der Waals surface area contributed by atoms with Gasteiger partial charge in [0.05, 0.1) is 5.56 Å². The third kappa shape index (κ3) is 4.33. The van der Waals surface area contributed by atoms with E-state index in [9.17, 15) is 10.1 Å². The van der Waals surface area contributed by atoms with E-state index in [-0.39, 0.29) is 5.91 Å². The lowest BCUT2D eigenvalue weighted by Crippen LogP contribution is -2.30. The highest BCUT2D eigenvalue weighted by Gasteiger charge is 2.26. The molecule has 1 amide bonds. The second-order valence-electron chi connectivity index (χ2n) is 7.08. The van der Waals surface area contributed by atoms with E-state index in [2.05, 4.69) is 25.2 Å². The molecule has 5 heteroatoms. The highest BCUT2D eigenvalue weighted by molar-refractivity contribution is 7.16. The molecule has 2 atom stereocenters. The molecule has 1 aromatic carbocycles. The molecule has 1 aliphatic carbocycles. The van der Waals surface area contributed by atoms with Crippen LogP contribution in [0.5, 0.6) is 5.75 Å². The quantitative estimate of drug-likeness (QED) is 0.756. The Bertz CT molecular complexity index is 848. The molecule has 0 spiro atoms. The van der Waals surface area contributed by atoms with Crippen LogP contribution in [-0.2, 0) is 24.1 Å². The molecule has 0 radical (unpaired) electrons. The Morgan fingerprint density at radius 3 is 2.74 bits per heavy atom. The Morgan fingerprint density at radius 2 is 2.11 bits per heavy atom. The summed E-state index contributed by atoms with van der Waals surface area (Å²) in [5.74, 6) is 1.13. The molecule has 3 rings (SSSR count). The Morgan fingerprint density at radius 1 is 1.37 bits per heavy atom. The number of hydrogen-bond donors (Lipinski definition) is 1. The largest absolute Gasteiger partial charge is 0.481 e. The fraction of sp³-hybridized carbons (Fsp3) is 0.455. The van der Waals surface area contributed by atoms with E-state index in [1.165, 1.54) is 10.4 Å². The van der Waals surface area contributed by atoms with Crippen LogP contribution < -0.4 is 10.1 Å². The molecule has 2 aromatic rings. The number of carbonyl (C=O) groups excluding carboxylic acids is 1. The lowest BCUT2D eigenvalue weighted by atomic mass is 9.86. The van der Waals surface area contributed by atoms with Crippen molar-refractivity contribution in [1.29, 1.82) is 5.26 Å². The maximum absolute atomic E-state index is 12.6. The van der Waals surface area contributed by atoms with Gasteiger partial charge in [0.15, 0.2) is 6.10 Å². The van der Waals surface area contributed by atoms with Crippen molar-refractivity contribution in [2.45, 2.75) is 59.0 Å². The average Bonchev–Trinajstić information content (AvgIpc) is 3.04. The zero-order chi connectivity index (χ0) is 19.4. The number of amides is 1. The first-order valence-corrected chi connectivity index (χ1v) is 10.5. The first-order chi connectivity index (χ1) is 13.0. The van der Waals surface area contributed by atoms with Crippen LogP contribution >= 0.6 is 11.3 Å². The number of thiophene rings is 1. The standard InChI is InChI=1S/C22H26N2O2S/c1-4-15-6-9-17(10-7-15)26-14(3)21(25)24-22-19(13-23)18-11-8-16(5-2)12-20(18)27-22/h6-7,9-10,14,16H,4-5,8,11-12H2,1-3H3,(H,24,25). The molecule has 0 bridgehead atoms. The summed E-state index contributed by atoms with van der Waals surface area (Å²) in [6, 6.07) is 10.1. The van der Waals surface area contributed by atoms with Gasteiger partial charge in [-0.15, -0.1) is 11.3 Å². The Hall–Kier alpha value is -2.32. The van der Waals surface area contributed by atoms with Gasteiger partial charge in [-0.05, 0) is 61.8 Å². The van der Waals surface area contributed by atoms with Gasteiger partial charge in [0.1, 0.15) is 16.8 Å². The van der Waals surface area contributed by atoms with Crippen molar-refractivity contribution in [3.05, 3.63) is 45.8 Å². The van der Waals surface area contributed by atoms with Gasteiger partial charge >= 0.3 is 0 Å². The van der Waals surface area contributed by atoms with E-state index in [0.717, 1.165) is 37.7 Å². The predicted molar refractivity (Wildman–Crippen MR) is 109 cm³/mol. The van der Waals surface area contributed by atoms with Gasteiger partial charge in [-0.25, -0.2) is 0 Å². The minimum atomic E-state index is -0.633. The molecule has 27 heavy (non-hydrogen) atoms. The van der Waals surface area contributed by atoms with Crippen LogP contribution in [0.25, 0.3) is 0 Å². The van der Waals surface area contributed by atoms with E-state index in [1.54, 1.807) is 18.3 Å². The summed E-state index contributed by atoms with van der Waals surface area (Å²) in [6.45, 7) is 6.04. The second-order valence-corrected chi connectivity index (χ2v) is 8.19. The van der Waals surface area contributed by atoms with Crippen LogP contribution in [0.15, 0.2) is 24.3 Å². The smallest absolute Gasteiger partial charge is 0.265 e. The molecular weight excluding hydrogens is 356 g/mol. The molecule has 1 N–H and O–H groups in total. The molecule has 0 aliphatic heterocycles. The third-order valence-corrected chi connectivity index (χ3v) is 6.48. The van der Waals surface area contributed by atoms with Crippen molar-refractivity contribution in [1.82, 2.24) is 0 Å². The number of nitrogens with zero attached hydrogens (tertiary/aromatic N) is 1. The van der Waals surface area contributed by atoms with Gasteiger partial charge in [0.2, 0.25) is 0 Å². The lowest BCUT2D eigenvalue weighted by Gasteiger charge is -2.20. The maximum atomic E-state index is 12.6. The number of hydrogen-bond acceptors (Lipinski definition) is 4.